The number of fused-ring (bicyclic) bond motifs is 1. The van der Waals surface area contributed by atoms with Gasteiger partial charge in [0.1, 0.15) is 22.0 Å². The summed E-state index contributed by atoms with van der Waals surface area (Å²) >= 11 is 1.15. The molecule has 3 N–H and O–H groups in total. The van der Waals surface area contributed by atoms with E-state index in [1.54, 1.807) is 44.6 Å². The van der Waals surface area contributed by atoms with Gasteiger partial charge >= 0.3 is 0 Å². The number of nitrogens with one attached hydrogen (secondary N) is 1. The highest BCUT2D eigenvalue weighted by Gasteiger charge is 2.35. The number of hydrogen-bond acceptors (Lipinski definition) is 7. The Kier molecular flexibility index (Phi) is 7.53. The third-order valence-corrected chi connectivity index (χ3v) is 7.74. The van der Waals surface area contributed by atoms with Gasteiger partial charge in [-0.1, -0.05) is 54.6 Å². The summed E-state index contributed by atoms with van der Waals surface area (Å²) in [6, 6.07) is 26.1. The second kappa shape index (κ2) is 11.4. The number of ether oxygens (including phenoxy) is 2. The van der Waals surface area contributed by atoms with E-state index in [9.17, 15) is 14.9 Å². The zero-order valence-corrected chi connectivity index (χ0v) is 22.7. The summed E-state index contributed by atoms with van der Waals surface area (Å²) in [6.07, 6.45) is 1.72. The first-order valence-electron chi connectivity index (χ1n) is 12.4. The second-order valence-electron chi connectivity index (χ2n) is 9.04. The summed E-state index contributed by atoms with van der Waals surface area (Å²) in [4.78, 5) is 27.6. The molecule has 8 nitrogen and oxygen atoms in total. The van der Waals surface area contributed by atoms with Crippen molar-refractivity contribution < 1.29 is 14.3 Å². The first kappa shape index (κ1) is 26.5. The topological polar surface area (TPSA) is 119 Å². The summed E-state index contributed by atoms with van der Waals surface area (Å²) < 4.78 is 12.7. The Morgan fingerprint density at radius 2 is 1.75 bits per heavy atom. The second-order valence-corrected chi connectivity index (χ2v) is 10.1. The van der Waals surface area contributed by atoms with Gasteiger partial charge in [0.05, 0.1) is 41.9 Å². The van der Waals surface area contributed by atoms with E-state index in [1.165, 1.54) is 4.57 Å². The molecule has 4 aromatic rings. The Labute approximate surface area is 234 Å². The number of amides is 1. The lowest BCUT2D eigenvalue weighted by Crippen LogP contribution is -2.41. The predicted molar refractivity (Wildman–Crippen MR) is 155 cm³/mol. The monoisotopic (exact) mass is 550 g/mol. The molecule has 5 rings (SSSR count). The normalized spacial score (nSPS) is 14.9. The van der Waals surface area contributed by atoms with Gasteiger partial charge in [-0.25, -0.2) is 0 Å². The predicted octanol–water partition coefficient (Wildman–Crippen LogP) is 2.67. The van der Waals surface area contributed by atoms with Crippen LogP contribution in [0.2, 0.25) is 0 Å². The zero-order valence-electron chi connectivity index (χ0n) is 21.9. The van der Waals surface area contributed by atoms with Gasteiger partial charge in [-0.05, 0) is 47.0 Å². The van der Waals surface area contributed by atoms with Crippen molar-refractivity contribution in [3.63, 3.8) is 0 Å². The fourth-order valence-electron chi connectivity index (χ4n) is 4.68. The molecule has 1 aliphatic rings. The minimum atomic E-state index is -0.807. The Bertz CT molecular complexity index is 1850. The van der Waals surface area contributed by atoms with E-state index < -0.39 is 17.4 Å². The molecule has 200 valence electrons. The molecule has 40 heavy (non-hydrogen) atoms. The summed E-state index contributed by atoms with van der Waals surface area (Å²) in [5.41, 5.74) is 8.77. The molecule has 0 bridgehead atoms. The van der Waals surface area contributed by atoms with Gasteiger partial charge in [-0.15, -0.1) is 11.3 Å². The number of nitrogens with two attached hydrogens (primary N) is 1. The molecule has 0 fully saturated rings. The van der Waals surface area contributed by atoms with Crippen LogP contribution in [0.25, 0.3) is 17.5 Å². The highest BCUT2D eigenvalue weighted by molar-refractivity contribution is 7.07. The minimum Gasteiger partial charge on any atom is -0.497 e. The molecular weight excluding hydrogens is 524 g/mol. The van der Waals surface area contributed by atoms with Crippen LogP contribution in [0.3, 0.4) is 0 Å². The van der Waals surface area contributed by atoms with Crippen LogP contribution in [0.5, 0.6) is 11.5 Å². The third-order valence-electron chi connectivity index (χ3n) is 6.63. The Morgan fingerprint density at radius 3 is 2.45 bits per heavy atom. The first-order chi connectivity index (χ1) is 19.4. The molecule has 0 aliphatic carbocycles. The van der Waals surface area contributed by atoms with E-state index >= 15 is 0 Å². The van der Waals surface area contributed by atoms with E-state index in [4.69, 9.17) is 15.2 Å². The van der Waals surface area contributed by atoms with E-state index in [0.29, 0.717) is 26.3 Å². The summed E-state index contributed by atoms with van der Waals surface area (Å²) in [5.74, 6) is 0.000455. The number of aromatic nitrogens is 1. The van der Waals surface area contributed by atoms with Crippen molar-refractivity contribution in [2.75, 3.05) is 14.2 Å². The van der Waals surface area contributed by atoms with Crippen molar-refractivity contribution in [1.29, 1.82) is 5.26 Å². The average molecular weight is 551 g/mol. The summed E-state index contributed by atoms with van der Waals surface area (Å²) in [6.45, 7) is 0.271. The molecule has 1 aliphatic heterocycles. The summed E-state index contributed by atoms with van der Waals surface area (Å²) in [5, 5.41) is 13.2. The van der Waals surface area contributed by atoms with Crippen LogP contribution in [0, 0.1) is 11.3 Å². The number of carbonyl (C=O) groups is 1. The quantitative estimate of drug-likeness (QED) is 0.365. The number of hydrogen-bond donors (Lipinski definition) is 2. The maximum absolute atomic E-state index is 13.9. The molecule has 0 radical (unpaired) electrons. The van der Waals surface area contributed by atoms with E-state index in [0.717, 1.165) is 22.5 Å². The van der Waals surface area contributed by atoms with Gasteiger partial charge in [0, 0.05) is 6.54 Å². The number of rotatable bonds is 7. The first-order valence-corrected chi connectivity index (χ1v) is 13.2. The highest BCUT2D eigenvalue weighted by atomic mass is 32.1. The molecular formula is C31H26N4O4S. The zero-order chi connectivity index (χ0) is 28.2. The van der Waals surface area contributed by atoms with Gasteiger partial charge in [-0.3, -0.25) is 14.2 Å². The van der Waals surface area contributed by atoms with Crippen molar-refractivity contribution in [2.24, 2.45) is 5.73 Å². The van der Waals surface area contributed by atoms with Crippen LogP contribution in [0.1, 0.15) is 22.6 Å². The van der Waals surface area contributed by atoms with Crippen molar-refractivity contribution in [2.45, 2.75) is 12.5 Å². The molecule has 0 spiro atoms. The van der Waals surface area contributed by atoms with E-state index in [1.807, 2.05) is 54.6 Å². The Hall–Kier alpha value is -5.07. The van der Waals surface area contributed by atoms with Crippen molar-refractivity contribution in [3.05, 3.63) is 121 Å². The molecule has 0 saturated carbocycles. The fraction of sp³-hybridized carbons (Fsp3) is 0.129. The number of carbonyl (C=O) groups excluding carboxylic acids is 1. The van der Waals surface area contributed by atoms with Gasteiger partial charge in [-0.2, -0.15) is 5.26 Å². The average Bonchev–Trinajstić information content (AvgIpc) is 3.31. The maximum Gasteiger partial charge on any atom is 0.274 e. The smallest absolute Gasteiger partial charge is 0.274 e. The van der Waals surface area contributed by atoms with E-state index in [2.05, 4.69) is 11.4 Å². The fourth-order valence-corrected chi connectivity index (χ4v) is 5.85. The lowest BCUT2D eigenvalue weighted by molar-refractivity contribution is -0.116. The van der Waals surface area contributed by atoms with Crippen LogP contribution < -0.4 is 35.3 Å². The third kappa shape index (κ3) is 5.00. The SMILES string of the molecule is COc1cccc(/C=c2\sc3n(c2=O)C(N)=C(C#N)C(c2cccc(OC)c2)C=3C(=O)NCc2ccccc2)c1. The molecule has 0 saturated heterocycles. The number of methoxy groups -OCH3 is 2. The lowest BCUT2D eigenvalue weighted by Gasteiger charge is -2.25. The minimum absolute atomic E-state index is 0.00327. The van der Waals surface area contributed by atoms with Crippen molar-refractivity contribution in [1.82, 2.24) is 9.88 Å². The van der Waals surface area contributed by atoms with Gasteiger partial charge < -0.3 is 20.5 Å². The number of allylic oxidation sites excluding steroid dienone is 1. The number of benzene rings is 3. The van der Waals surface area contributed by atoms with Crippen LogP contribution in [-0.4, -0.2) is 24.7 Å². The summed E-state index contributed by atoms with van der Waals surface area (Å²) in [7, 11) is 3.12. The molecule has 1 amide bonds. The Balaban J connectivity index is 1.76. The van der Waals surface area contributed by atoms with Gasteiger partial charge in [0.2, 0.25) is 0 Å². The number of nitriles is 1. The van der Waals surface area contributed by atoms with Crippen molar-refractivity contribution >= 4 is 34.7 Å². The van der Waals surface area contributed by atoms with E-state index in [-0.39, 0.29) is 23.5 Å². The highest BCUT2D eigenvalue weighted by Crippen LogP contribution is 2.37. The van der Waals surface area contributed by atoms with Crippen LogP contribution in [-0.2, 0) is 11.3 Å². The lowest BCUT2D eigenvalue weighted by atomic mass is 9.83. The maximum atomic E-state index is 13.9. The Morgan fingerprint density at radius 1 is 1.05 bits per heavy atom. The number of nitrogens with zero attached hydrogens (tertiary/aromatic N) is 2. The van der Waals surface area contributed by atoms with Gasteiger partial charge in [0.25, 0.3) is 11.5 Å². The largest absolute Gasteiger partial charge is 0.497 e. The number of thiazole rings is 1. The van der Waals surface area contributed by atoms with Gasteiger partial charge in [0.15, 0.2) is 0 Å². The molecule has 3 aromatic carbocycles. The molecule has 1 atom stereocenters. The molecule has 2 heterocycles. The molecule has 9 heteroatoms. The standard InChI is InChI=1S/C31H26N4O4S/c1-38-22-12-6-10-20(14-22)15-25-30(37)35-28(33)24(17-32)26(21-11-7-13-23(16-21)39-2)27(31(35)40-25)29(36)34-18-19-8-4-3-5-9-19/h3-16,26H,18,33H2,1-2H3,(H,34,36)/b25-15-. The molecule has 1 aromatic heterocycles. The van der Waals surface area contributed by atoms with Crippen LogP contribution in [0.4, 0.5) is 0 Å². The van der Waals surface area contributed by atoms with Crippen molar-refractivity contribution in [3.8, 4) is 17.6 Å². The van der Waals surface area contributed by atoms with Crippen LogP contribution >= 0.6 is 11.3 Å². The van der Waals surface area contributed by atoms with Crippen LogP contribution in [0.15, 0.2) is 89.2 Å². The molecule has 1 unspecified atom stereocenters.